The average molecular weight is 821 g/mol. The summed E-state index contributed by atoms with van der Waals surface area (Å²) in [6.07, 6.45) is 45.2. The summed E-state index contributed by atoms with van der Waals surface area (Å²) >= 11 is 0. The fourth-order valence-corrected chi connectivity index (χ4v) is 7.78. The van der Waals surface area contributed by atoms with Gasteiger partial charge in [-0.15, -0.1) is 0 Å². The number of rotatable bonds is 46. The third-order valence-corrected chi connectivity index (χ3v) is 12.1. The van der Waals surface area contributed by atoms with Crippen molar-refractivity contribution in [3.63, 3.8) is 0 Å². The van der Waals surface area contributed by atoms with Crippen LogP contribution in [0.5, 0.6) is 0 Å². The monoisotopic (exact) mass is 821 g/mol. The van der Waals surface area contributed by atoms with Crippen LogP contribution in [0.1, 0.15) is 285 Å². The summed E-state index contributed by atoms with van der Waals surface area (Å²) in [7, 11) is 0. The van der Waals surface area contributed by atoms with Crippen LogP contribution in [0, 0.1) is 11.8 Å². The van der Waals surface area contributed by atoms with Gasteiger partial charge in [0.2, 0.25) is 0 Å². The van der Waals surface area contributed by atoms with E-state index in [4.69, 9.17) is 14.2 Å². The van der Waals surface area contributed by atoms with E-state index in [0.29, 0.717) is 19.3 Å². The molecule has 0 bridgehead atoms. The molecule has 0 rings (SSSR count). The van der Waals surface area contributed by atoms with Crippen molar-refractivity contribution in [3.8, 4) is 0 Å². The number of esters is 3. The predicted molar refractivity (Wildman–Crippen MR) is 247 cm³/mol. The van der Waals surface area contributed by atoms with Crippen molar-refractivity contribution < 1.29 is 28.6 Å². The molecule has 0 saturated heterocycles. The number of unbranched alkanes of at least 4 members (excludes halogenated alkanes) is 30. The van der Waals surface area contributed by atoms with E-state index in [1.807, 2.05) is 0 Å². The molecule has 0 saturated carbocycles. The van der Waals surface area contributed by atoms with Gasteiger partial charge in [-0.2, -0.15) is 0 Å². The highest BCUT2D eigenvalue weighted by atomic mass is 16.6. The minimum atomic E-state index is -0.762. The van der Waals surface area contributed by atoms with E-state index >= 15 is 0 Å². The SMILES string of the molecule is CCCCCCCCCCCCCCCCCCC(=O)OC[C@H](COC(=O)CCCCCCCCCCCCC(C)CC)OC(=O)CCCCCCCCCC(C)C. The first-order valence-corrected chi connectivity index (χ1v) is 25.8. The zero-order chi connectivity index (χ0) is 42.6. The minimum Gasteiger partial charge on any atom is -0.462 e. The molecule has 6 nitrogen and oxygen atoms in total. The van der Waals surface area contributed by atoms with Gasteiger partial charge >= 0.3 is 17.9 Å². The van der Waals surface area contributed by atoms with E-state index < -0.39 is 6.10 Å². The van der Waals surface area contributed by atoms with Gasteiger partial charge in [0.15, 0.2) is 6.10 Å². The second kappa shape index (κ2) is 44.9. The smallest absolute Gasteiger partial charge is 0.306 e. The lowest BCUT2D eigenvalue weighted by atomic mass is 9.99. The molecule has 0 N–H and O–H groups in total. The predicted octanol–water partition coefficient (Wildman–Crippen LogP) is 16.5. The molecule has 0 spiro atoms. The van der Waals surface area contributed by atoms with Crippen LogP contribution in [-0.4, -0.2) is 37.2 Å². The van der Waals surface area contributed by atoms with Crippen molar-refractivity contribution in [2.75, 3.05) is 13.2 Å². The Morgan fingerprint density at radius 1 is 0.362 bits per heavy atom. The van der Waals surface area contributed by atoms with Crippen LogP contribution in [0.4, 0.5) is 0 Å². The van der Waals surface area contributed by atoms with Gasteiger partial charge in [-0.25, -0.2) is 0 Å². The zero-order valence-electron chi connectivity index (χ0n) is 39.7. The summed E-state index contributed by atoms with van der Waals surface area (Å²) in [5.74, 6) is 0.795. The quantitative estimate of drug-likeness (QED) is 0.0346. The number of carbonyl (C=O) groups excluding carboxylic acids is 3. The van der Waals surface area contributed by atoms with Crippen LogP contribution >= 0.6 is 0 Å². The van der Waals surface area contributed by atoms with Gasteiger partial charge in [0.25, 0.3) is 0 Å². The highest BCUT2D eigenvalue weighted by molar-refractivity contribution is 5.71. The van der Waals surface area contributed by atoms with Crippen molar-refractivity contribution in [1.29, 1.82) is 0 Å². The summed E-state index contributed by atoms with van der Waals surface area (Å²) in [5, 5.41) is 0. The van der Waals surface area contributed by atoms with E-state index in [-0.39, 0.29) is 31.1 Å². The Bertz CT molecular complexity index is 887. The van der Waals surface area contributed by atoms with E-state index in [9.17, 15) is 14.4 Å². The molecule has 0 aliphatic heterocycles. The van der Waals surface area contributed by atoms with Crippen LogP contribution in [-0.2, 0) is 28.6 Å². The summed E-state index contributed by atoms with van der Waals surface area (Å²) in [5.41, 5.74) is 0. The molecule has 0 fully saturated rings. The molecule has 2 atom stereocenters. The summed E-state index contributed by atoms with van der Waals surface area (Å²) in [4.78, 5) is 37.9. The maximum absolute atomic E-state index is 12.7. The average Bonchev–Trinajstić information content (AvgIpc) is 3.21. The van der Waals surface area contributed by atoms with Crippen LogP contribution in [0.3, 0.4) is 0 Å². The van der Waals surface area contributed by atoms with Gasteiger partial charge < -0.3 is 14.2 Å². The van der Waals surface area contributed by atoms with Crippen LogP contribution in [0.25, 0.3) is 0 Å². The maximum atomic E-state index is 12.7. The molecule has 0 radical (unpaired) electrons. The molecule has 1 unspecified atom stereocenters. The van der Waals surface area contributed by atoms with Crippen LogP contribution < -0.4 is 0 Å². The Morgan fingerprint density at radius 2 is 0.655 bits per heavy atom. The molecule has 6 heteroatoms. The van der Waals surface area contributed by atoms with Crippen molar-refractivity contribution >= 4 is 17.9 Å². The first-order chi connectivity index (χ1) is 28.3. The Labute approximate surface area is 361 Å². The van der Waals surface area contributed by atoms with Gasteiger partial charge in [0, 0.05) is 19.3 Å². The van der Waals surface area contributed by atoms with E-state index in [0.717, 1.165) is 69.6 Å². The highest BCUT2D eigenvalue weighted by Gasteiger charge is 2.19. The molecule has 0 aromatic rings. The van der Waals surface area contributed by atoms with E-state index in [1.165, 1.54) is 173 Å². The second-order valence-electron chi connectivity index (χ2n) is 18.5. The van der Waals surface area contributed by atoms with Crippen molar-refractivity contribution in [2.24, 2.45) is 11.8 Å². The zero-order valence-corrected chi connectivity index (χ0v) is 39.7. The van der Waals surface area contributed by atoms with Gasteiger partial charge in [-0.05, 0) is 31.1 Å². The maximum Gasteiger partial charge on any atom is 0.306 e. The number of hydrogen-bond acceptors (Lipinski definition) is 6. The normalized spacial score (nSPS) is 12.5. The van der Waals surface area contributed by atoms with Crippen molar-refractivity contribution in [2.45, 2.75) is 291 Å². The molecule has 344 valence electrons. The lowest BCUT2D eigenvalue weighted by molar-refractivity contribution is -0.167. The summed E-state index contributed by atoms with van der Waals surface area (Å²) in [6, 6.07) is 0. The van der Waals surface area contributed by atoms with Crippen molar-refractivity contribution in [3.05, 3.63) is 0 Å². The van der Waals surface area contributed by atoms with Gasteiger partial charge in [-0.1, -0.05) is 247 Å². The molecular formula is C52H100O6. The molecule has 58 heavy (non-hydrogen) atoms. The van der Waals surface area contributed by atoms with Crippen LogP contribution in [0.2, 0.25) is 0 Å². The topological polar surface area (TPSA) is 78.9 Å². The molecule has 0 amide bonds. The number of carbonyl (C=O) groups is 3. The third kappa shape index (κ3) is 44.0. The Hall–Kier alpha value is -1.59. The Kier molecular flexibility index (Phi) is 43.7. The highest BCUT2D eigenvalue weighted by Crippen LogP contribution is 2.18. The molecule has 0 aliphatic rings. The minimum absolute atomic E-state index is 0.0645. The van der Waals surface area contributed by atoms with E-state index in [2.05, 4.69) is 34.6 Å². The first kappa shape index (κ1) is 56.4. The Morgan fingerprint density at radius 3 is 0.983 bits per heavy atom. The lowest BCUT2D eigenvalue weighted by Gasteiger charge is -2.18. The lowest BCUT2D eigenvalue weighted by Crippen LogP contribution is -2.30. The number of hydrogen-bond donors (Lipinski definition) is 0. The first-order valence-electron chi connectivity index (χ1n) is 25.8. The molecular weight excluding hydrogens is 721 g/mol. The standard InChI is InChI=1S/C52H100O6/c1-6-8-9-10-11-12-13-14-15-16-17-18-22-27-32-37-42-50(53)56-45-49(58-52(55)44-39-34-29-24-25-30-35-40-47(3)4)46-57-51(54)43-38-33-28-23-20-19-21-26-31-36-41-48(5)7-2/h47-49H,6-46H2,1-5H3/t48?,49-/m1/s1. The van der Waals surface area contributed by atoms with Gasteiger partial charge in [0.1, 0.15) is 13.2 Å². The molecule has 0 aromatic heterocycles. The van der Waals surface area contributed by atoms with Crippen LogP contribution in [0.15, 0.2) is 0 Å². The summed E-state index contributed by atoms with van der Waals surface area (Å²) < 4.78 is 16.8. The second-order valence-corrected chi connectivity index (χ2v) is 18.5. The largest absolute Gasteiger partial charge is 0.462 e. The third-order valence-electron chi connectivity index (χ3n) is 12.1. The molecule has 0 aromatic carbocycles. The fourth-order valence-electron chi connectivity index (χ4n) is 7.78. The van der Waals surface area contributed by atoms with Gasteiger partial charge in [-0.3, -0.25) is 14.4 Å². The van der Waals surface area contributed by atoms with E-state index in [1.54, 1.807) is 0 Å². The molecule has 0 heterocycles. The van der Waals surface area contributed by atoms with Gasteiger partial charge in [0.05, 0.1) is 0 Å². The Balaban J connectivity index is 4.28. The summed E-state index contributed by atoms with van der Waals surface area (Å²) in [6.45, 7) is 11.3. The molecule has 0 aliphatic carbocycles. The number of ether oxygens (including phenoxy) is 3. The fraction of sp³-hybridized carbons (Fsp3) is 0.942. The van der Waals surface area contributed by atoms with Crippen molar-refractivity contribution in [1.82, 2.24) is 0 Å².